The second-order valence-corrected chi connectivity index (χ2v) is 4.88. The SMILES string of the molecule is CCC(Cc1cn[nH]n1)c1ccc(OC)c(C)c1C. The number of methoxy groups -OCH3 is 1. The van der Waals surface area contributed by atoms with Gasteiger partial charge < -0.3 is 4.74 Å². The molecule has 0 radical (unpaired) electrons. The minimum absolute atomic E-state index is 0.467. The van der Waals surface area contributed by atoms with Crippen molar-refractivity contribution in [3.05, 3.63) is 40.7 Å². The summed E-state index contributed by atoms with van der Waals surface area (Å²) >= 11 is 0. The Kier molecular flexibility index (Phi) is 4.20. The van der Waals surface area contributed by atoms with Crippen molar-refractivity contribution < 1.29 is 4.74 Å². The lowest BCUT2D eigenvalue weighted by Crippen LogP contribution is -2.06. The standard InChI is InChI=1S/C15H21N3O/c1-5-12(8-13-9-16-18-17-13)14-6-7-15(19-4)11(3)10(14)2/h6-7,9,12H,5,8H2,1-4H3,(H,16,17,18). The molecule has 4 heteroatoms. The first-order chi connectivity index (χ1) is 9.17. The molecular weight excluding hydrogens is 238 g/mol. The van der Waals surface area contributed by atoms with E-state index in [1.54, 1.807) is 13.3 Å². The molecule has 2 rings (SSSR count). The molecule has 0 spiro atoms. The van der Waals surface area contributed by atoms with Crippen molar-refractivity contribution >= 4 is 0 Å². The van der Waals surface area contributed by atoms with Crippen molar-refractivity contribution in [3.8, 4) is 5.75 Å². The smallest absolute Gasteiger partial charge is 0.122 e. The third-order valence-corrected chi connectivity index (χ3v) is 3.85. The van der Waals surface area contributed by atoms with Gasteiger partial charge >= 0.3 is 0 Å². The summed E-state index contributed by atoms with van der Waals surface area (Å²) in [5.41, 5.74) is 4.93. The average Bonchev–Trinajstić information content (AvgIpc) is 2.92. The van der Waals surface area contributed by atoms with Gasteiger partial charge in [-0.05, 0) is 55.4 Å². The van der Waals surface area contributed by atoms with Crippen LogP contribution < -0.4 is 4.74 Å². The van der Waals surface area contributed by atoms with E-state index >= 15 is 0 Å². The third kappa shape index (κ3) is 2.78. The van der Waals surface area contributed by atoms with E-state index in [4.69, 9.17) is 4.74 Å². The average molecular weight is 259 g/mol. The molecule has 0 aliphatic heterocycles. The maximum Gasteiger partial charge on any atom is 0.122 e. The monoisotopic (exact) mass is 259 g/mol. The van der Waals surface area contributed by atoms with Gasteiger partial charge in [0.1, 0.15) is 5.75 Å². The minimum atomic E-state index is 0.467. The van der Waals surface area contributed by atoms with Crippen molar-refractivity contribution in [2.24, 2.45) is 0 Å². The molecule has 1 atom stereocenters. The van der Waals surface area contributed by atoms with E-state index in [1.807, 2.05) is 0 Å². The molecule has 1 N–H and O–H groups in total. The van der Waals surface area contributed by atoms with Crippen molar-refractivity contribution in [2.45, 2.75) is 39.5 Å². The van der Waals surface area contributed by atoms with Crippen molar-refractivity contribution in [3.63, 3.8) is 0 Å². The largest absolute Gasteiger partial charge is 0.496 e. The molecular formula is C15H21N3O. The molecule has 0 aliphatic carbocycles. The molecule has 1 heterocycles. The Hall–Kier alpha value is -1.84. The van der Waals surface area contributed by atoms with E-state index in [1.165, 1.54) is 16.7 Å². The summed E-state index contributed by atoms with van der Waals surface area (Å²) in [5, 5.41) is 10.7. The van der Waals surface area contributed by atoms with Gasteiger partial charge in [0, 0.05) is 0 Å². The third-order valence-electron chi connectivity index (χ3n) is 3.85. The second kappa shape index (κ2) is 5.87. The fourth-order valence-electron chi connectivity index (χ4n) is 2.53. The number of hydrogen-bond acceptors (Lipinski definition) is 3. The van der Waals surface area contributed by atoms with E-state index in [0.29, 0.717) is 5.92 Å². The number of aromatic nitrogens is 3. The van der Waals surface area contributed by atoms with E-state index in [0.717, 1.165) is 24.3 Å². The Labute approximate surface area is 114 Å². The highest BCUT2D eigenvalue weighted by Gasteiger charge is 2.16. The van der Waals surface area contributed by atoms with E-state index in [9.17, 15) is 0 Å². The van der Waals surface area contributed by atoms with Crippen molar-refractivity contribution in [2.75, 3.05) is 7.11 Å². The summed E-state index contributed by atoms with van der Waals surface area (Å²) in [6.07, 6.45) is 3.80. The van der Waals surface area contributed by atoms with Crippen molar-refractivity contribution in [1.82, 2.24) is 15.4 Å². The molecule has 1 aromatic heterocycles. The molecule has 1 aromatic carbocycles. The highest BCUT2D eigenvalue weighted by molar-refractivity contribution is 5.45. The van der Waals surface area contributed by atoms with E-state index in [-0.39, 0.29) is 0 Å². The van der Waals surface area contributed by atoms with Crippen LogP contribution >= 0.6 is 0 Å². The lowest BCUT2D eigenvalue weighted by atomic mass is 9.87. The van der Waals surface area contributed by atoms with Gasteiger partial charge in [-0.1, -0.05) is 13.0 Å². The zero-order valence-electron chi connectivity index (χ0n) is 12.0. The first-order valence-electron chi connectivity index (χ1n) is 6.66. The number of nitrogens with zero attached hydrogens (tertiary/aromatic N) is 2. The highest BCUT2D eigenvalue weighted by atomic mass is 16.5. The first-order valence-corrected chi connectivity index (χ1v) is 6.66. The van der Waals surface area contributed by atoms with Gasteiger partial charge in [-0.3, -0.25) is 0 Å². The molecule has 2 aromatic rings. The van der Waals surface area contributed by atoms with Crippen LogP contribution in [0.2, 0.25) is 0 Å². The number of nitrogens with one attached hydrogen (secondary N) is 1. The molecule has 0 bridgehead atoms. The van der Waals surface area contributed by atoms with Gasteiger partial charge in [0.15, 0.2) is 0 Å². The fraction of sp³-hybridized carbons (Fsp3) is 0.467. The summed E-state index contributed by atoms with van der Waals surface area (Å²) in [6.45, 7) is 6.49. The first kappa shape index (κ1) is 13.6. The van der Waals surface area contributed by atoms with Crippen LogP contribution in [0.5, 0.6) is 5.75 Å². The number of rotatable bonds is 5. The van der Waals surface area contributed by atoms with Gasteiger partial charge in [-0.15, -0.1) is 0 Å². The fourth-order valence-corrected chi connectivity index (χ4v) is 2.53. The number of aromatic amines is 1. The topological polar surface area (TPSA) is 50.8 Å². The van der Waals surface area contributed by atoms with Crippen LogP contribution in [-0.2, 0) is 6.42 Å². The lowest BCUT2D eigenvalue weighted by Gasteiger charge is -2.19. The summed E-state index contributed by atoms with van der Waals surface area (Å²) < 4.78 is 5.37. The Morgan fingerprint density at radius 3 is 2.63 bits per heavy atom. The van der Waals surface area contributed by atoms with E-state index in [2.05, 4.69) is 48.3 Å². The number of benzene rings is 1. The Bertz CT molecular complexity index is 535. The van der Waals surface area contributed by atoms with Crippen LogP contribution in [0.4, 0.5) is 0 Å². The Balaban J connectivity index is 2.30. The molecule has 0 fully saturated rings. The Morgan fingerprint density at radius 2 is 2.05 bits per heavy atom. The van der Waals surface area contributed by atoms with Crippen LogP contribution in [0, 0.1) is 13.8 Å². The normalized spacial score (nSPS) is 12.4. The number of ether oxygens (including phenoxy) is 1. The van der Waals surface area contributed by atoms with Crippen LogP contribution in [0.1, 0.15) is 41.6 Å². The lowest BCUT2D eigenvalue weighted by molar-refractivity contribution is 0.411. The highest BCUT2D eigenvalue weighted by Crippen LogP contribution is 2.31. The maximum atomic E-state index is 5.37. The molecule has 1 unspecified atom stereocenters. The van der Waals surface area contributed by atoms with Crippen molar-refractivity contribution in [1.29, 1.82) is 0 Å². The molecule has 4 nitrogen and oxygen atoms in total. The van der Waals surface area contributed by atoms with Crippen LogP contribution in [0.3, 0.4) is 0 Å². The van der Waals surface area contributed by atoms with Crippen LogP contribution in [0.15, 0.2) is 18.3 Å². The van der Waals surface area contributed by atoms with Gasteiger partial charge in [0.2, 0.25) is 0 Å². The zero-order valence-corrected chi connectivity index (χ0v) is 12.0. The van der Waals surface area contributed by atoms with Crippen LogP contribution in [-0.4, -0.2) is 22.5 Å². The molecule has 0 saturated carbocycles. The predicted octanol–water partition coefficient (Wildman–Crippen LogP) is 3.17. The summed E-state index contributed by atoms with van der Waals surface area (Å²) in [7, 11) is 1.72. The molecule has 19 heavy (non-hydrogen) atoms. The molecule has 102 valence electrons. The number of H-pyrrole nitrogens is 1. The van der Waals surface area contributed by atoms with Gasteiger partial charge in [0.25, 0.3) is 0 Å². The summed E-state index contributed by atoms with van der Waals surface area (Å²) in [5.74, 6) is 1.42. The maximum absolute atomic E-state index is 5.37. The van der Waals surface area contributed by atoms with Gasteiger partial charge in [-0.25, -0.2) is 0 Å². The molecule has 0 aliphatic rings. The van der Waals surface area contributed by atoms with Gasteiger partial charge in [0.05, 0.1) is 19.0 Å². The quantitative estimate of drug-likeness (QED) is 0.897. The molecule has 0 amide bonds. The number of hydrogen-bond donors (Lipinski definition) is 1. The predicted molar refractivity (Wildman–Crippen MR) is 75.6 cm³/mol. The second-order valence-electron chi connectivity index (χ2n) is 4.88. The van der Waals surface area contributed by atoms with E-state index < -0.39 is 0 Å². The van der Waals surface area contributed by atoms with Crippen LogP contribution in [0.25, 0.3) is 0 Å². The summed E-state index contributed by atoms with van der Waals surface area (Å²) in [6, 6.07) is 4.23. The summed E-state index contributed by atoms with van der Waals surface area (Å²) in [4.78, 5) is 0. The molecule has 0 saturated heterocycles. The van der Waals surface area contributed by atoms with Gasteiger partial charge in [-0.2, -0.15) is 15.4 Å². The minimum Gasteiger partial charge on any atom is -0.496 e. The Morgan fingerprint density at radius 1 is 1.26 bits per heavy atom. The zero-order chi connectivity index (χ0) is 13.8.